The van der Waals surface area contributed by atoms with Gasteiger partial charge in [0.15, 0.2) is 0 Å². The van der Waals surface area contributed by atoms with E-state index in [2.05, 4.69) is 27.9 Å². The van der Waals surface area contributed by atoms with Crippen molar-refractivity contribution in [1.82, 2.24) is 5.32 Å². The number of piperidine rings is 1. The third-order valence-corrected chi connectivity index (χ3v) is 3.94. The SMILES string of the molecule is I[C@H]1CCNC2(CCC2)C1. The zero-order valence-corrected chi connectivity index (χ0v) is 8.36. The Balaban J connectivity index is 1.96. The van der Waals surface area contributed by atoms with Crippen molar-refractivity contribution in [3.05, 3.63) is 0 Å². The molecule has 58 valence electrons. The highest BCUT2D eigenvalue weighted by Gasteiger charge is 2.39. The van der Waals surface area contributed by atoms with Crippen molar-refractivity contribution in [2.45, 2.75) is 41.6 Å². The van der Waals surface area contributed by atoms with Gasteiger partial charge in [-0.1, -0.05) is 22.6 Å². The highest BCUT2D eigenvalue weighted by Crippen LogP contribution is 2.40. The zero-order valence-electron chi connectivity index (χ0n) is 6.20. The van der Waals surface area contributed by atoms with Crippen LogP contribution in [0.3, 0.4) is 0 Å². The Bertz CT molecular complexity index is 131. The first kappa shape index (κ1) is 7.35. The smallest absolute Gasteiger partial charge is 0.0191 e. The number of hydrogen-bond donors (Lipinski definition) is 1. The summed E-state index contributed by atoms with van der Waals surface area (Å²) in [4.78, 5) is 0. The fraction of sp³-hybridized carbons (Fsp3) is 1.00. The van der Waals surface area contributed by atoms with Crippen molar-refractivity contribution in [1.29, 1.82) is 0 Å². The van der Waals surface area contributed by atoms with Crippen molar-refractivity contribution in [3.8, 4) is 0 Å². The lowest BCUT2D eigenvalue weighted by molar-refractivity contribution is 0.149. The molecule has 0 aromatic carbocycles. The van der Waals surface area contributed by atoms with Crippen LogP contribution in [-0.2, 0) is 0 Å². The number of rotatable bonds is 0. The third-order valence-electron chi connectivity index (χ3n) is 2.88. The average molecular weight is 251 g/mol. The summed E-state index contributed by atoms with van der Waals surface area (Å²) >= 11 is 2.60. The van der Waals surface area contributed by atoms with Gasteiger partial charge in [-0.15, -0.1) is 0 Å². The van der Waals surface area contributed by atoms with E-state index in [1.54, 1.807) is 0 Å². The maximum absolute atomic E-state index is 3.66. The Morgan fingerprint density at radius 1 is 1.40 bits per heavy atom. The van der Waals surface area contributed by atoms with Gasteiger partial charge in [0.25, 0.3) is 0 Å². The van der Waals surface area contributed by atoms with Gasteiger partial charge in [-0.2, -0.15) is 0 Å². The molecule has 1 spiro atoms. The molecule has 10 heavy (non-hydrogen) atoms. The van der Waals surface area contributed by atoms with Crippen LogP contribution in [0, 0.1) is 0 Å². The van der Waals surface area contributed by atoms with Crippen LogP contribution in [0.25, 0.3) is 0 Å². The second kappa shape index (κ2) is 2.63. The van der Waals surface area contributed by atoms with Crippen molar-refractivity contribution in [3.63, 3.8) is 0 Å². The molecule has 1 N–H and O–H groups in total. The van der Waals surface area contributed by atoms with E-state index < -0.39 is 0 Å². The molecule has 0 radical (unpaired) electrons. The summed E-state index contributed by atoms with van der Waals surface area (Å²) in [5.74, 6) is 0. The minimum Gasteiger partial charge on any atom is -0.311 e. The lowest BCUT2D eigenvalue weighted by Crippen LogP contribution is -2.55. The van der Waals surface area contributed by atoms with Crippen LogP contribution in [0.15, 0.2) is 0 Å². The molecule has 1 nitrogen and oxygen atoms in total. The van der Waals surface area contributed by atoms with Crippen LogP contribution in [0.4, 0.5) is 0 Å². The lowest BCUT2D eigenvalue weighted by Gasteiger charge is -2.47. The Hall–Kier alpha value is 0.690. The molecule has 2 heteroatoms. The lowest BCUT2D eigenvalue weighted by atomic mass is 9.72. The van der Waals surface area contributed by atoms with E-state index in [-0.39, 0.29) is 0 Å². The third kappa shape index (κ3) is 1.20. The number of hydrogen-bond acceptors (Lipinski definition) is 1. The second-order valence-corrected chi connectivity index (χ2v) is 5.41. The Morgan fingerprint density at radius 2 is 2.20 bits per heavy atom. The Morgan fingerprint density at radius 3 is 2.60 bits per heavy atom. The normalized spacial score (nSPS) is 37.5. The summed E-state index contributed by atoms with van der Waals surface area (Å²) in [7, 11) is 0. The average Bonchev–Trinajstić information content (AvgIpc) is 1.85. The van der Waals surface area contributed by atoms with Crippen LogP contribution < -0.4 is 5.32 Å². The van der Waals surface area contributed by atoms with Crippen LogP contribution in [0.5, 0.6) is 0 Å². The van der Waals surface area contributed by atoms with Crippen molar-refractivity contribution in [2.75, 3.05) is 6.54 Å². The molecule has 0 amide bonds. The molecule has 2 rings (SSSR count). The van der Waals surface area contributed by atoms with Gasteiger partial charge in [0.1, 0.15) is 0 Å². The van der Waals surface area contributed by atoms with Crippen molar-refractivity contribution >= 4 is 22.6 Å². The van der Waals surface area contributed by atoms with E-state index in [0.717, 1.165) is 3.92 Å². The maximum Gasteiger partial charge on any atom is 0.0191 e. The van der Waals surface area contributed by atoms with Gasteiger partial charge >= 0.3 is 0 Å². The summed E-state index contributed by atoms with van der Waals surface area (Å²) in [6.45, 7) is 1.26. The van der Waals surface area contributed by atoms with Crippen LogP contribution in [0.1, 0.15) is 32.1 Å². The summed E-state index contributed by atoms with van der Waals surface area (Å²) in [6, 6.07) is 0. The van der Waals surface area contributed by atoms with Gasteiger partial charge in [0.05, 0.1) is 0 Å². The first-order valence-electron chi connectivity index (χ1n) is 4.20. The molecular formula is C8H14IN. The van der Waals surface area contributed by atoms with E-state index in [0.29, 0.717) is 5.54 Å². The number of nitrogens with one attached hydrogen (secondary N) is 1. The first-order chi connectivity index (χ1) is 4.81. The molecule has 1 atom stereocenters. The van der Waals surface area contributed by atoms with Crippen LogP contribution in [-0.4, -0.2) is 16.0 Å². The van der Waals surface area contributed by atoms with E-state index in [1.807, 2.05) is 0 Å². The standard InChI is InChI=1S/C8H14IN/c9-7-2-5-10-8(6-7)3-1-4-8/h7,10H,1-6H2/t7-/m0/s1. The second-order valence-electron chi connectivity index (χ2n) is 3.65. The summed E-state index contributed by atoms with van der Waals surface area (Å²) in [5.41, 5.74) is 0.615. The predicted molar refractivity (Wildman–Crippen MR) is 51.6 cm³/mol. The summed E-state index contributed by atoms with van der Waals surface area (Å²) < 4.78 is 0.944. The predicted octanol–water partition coefficient (Wildman–Crippen LogP) is 2.10. The monoisotopic (exact) mass is 251 g/mol. The largest absolute Gasteiger partial charge is 0.311 e. The van der Waals surface area contributed by atoms with Crippen molar-refractivity contribution < 1.29 is 0 Å². The molecule has 0 aromatic rings. The molecule has 0 bridgehead atoms. The van der Waals surface area contributed by atoms with Gasteiger partial charge in [0.2, 0.25) is 0 Å². The Labute approximate surface area is 76.1 Å². The van der Waals surface area contributed by atoms with E-state index in [9.17, 15) is 0 Å². The van der Waals surface area contributed by atoms with Gasteiger partial charge in [-0.05, 0) is 38.6 Å². The minimum absolute atomic E-state index is 0.615. The summed E-state index contributed by atoms with van der Waals surface area (Å²) in [5, 5.41) is 3.66. The fourth-order valence-electron chi connectivity index (χ4n) is 2.08. The molecule has 1 heterocycles. The quantitative estimate of drug-likeness (QED) is 0.513. The highest BCUT2D eigenvalue weighted by molar-refractivity contribution is 14.1. The molecule has 2 fully saturated rings. The number of alkyl halides is 1. The van der Waals surface area contributed by atoms with E-state index >= 15 is 0 Å². The maximum atomic E-state index is 3.66. The minimum atomic E-state index is 0.615. The Kier molecular flexibility index (Phi) is 1.93. The zero-order chi connectivity index (χ0) is 7.03. The molecule has 0 aromatic heterocycles. The number of halogens is 1. The van der Waals surface area contributed by atoms with Crippen LogP contribution in [0.2, 0.25) is 0 Å². The molecular weight excluding hydrogens is 237 g/mol. The van der Waals surface area contributed by atoms with Crippen LogP contribution >= 0.6 is 22.6 Å². The van der Waals surface area contributed by atoms with Gasteiger partial charge in [-0.25, -0.2) is 0 Å². The molecule has 1 aliphatic heterocycles. The molecule has 2 aliphatic rings. The first-order valence-corrected chi connectivity index (χ1v) is 5.44. The molecule has 1 saturated heterocycles. The molecule has 1 saturated carbocycles. The van der Waals surface area contributed by atoms with E-state index in [4.69, 9.17) is 0 Å². The molecule has 0 unspecified atom stereocenters. The fourth-order valence-corrected chi connectivity index (χ4v) is 3.23. The van der Waals surface area contributed by atoms with Gasteiger partial charge in [0, 0.05) is 9.46 Å². The van der Waals surface area contributed by atoms with Gasteiger partial charge in [-0.3, -0.25) is 0 Å². The summed E-state index contributed by atoms with van der Waals surface area (Å²) in [6.07, 6.45) is 7.13. The van der Waals surface area contributed by atoms with E-state index in [1.165, 1.54) is 38.6 Å². The van der Waals surface area contributed by atoms with Crippen molar-refractivity contribution in [2.24, 2.45) is 0 Å². The highest BCUT2D eigenvalue weighted by atomic mass is 127. The molecule has 1 aliphatic carbocycles. The topological polar surface area (TPSA) is 12.0 Å². The van der Waals surface area contributed by atoms with Gasteiger partial charge < -0.3 is 5.32 Å².